The second-order valence-electron chi connectivity index (χ2n) is 4.40. The van der Waals surface area contributed by atoms with Crippen molar-refractivity contribution in [1.29, 1.82) is 0 Å². The number of carbonyl (C=O) groups is 1. The highest BCUT2D eigenvalue weighted by Gasteiger charge is 2.13. The third-order valence-corrected chi connectivity index (χ3v) is 3.58. The van der Waals surface area contributed by atoms with Gasteiger partial charge in [-0.3, -0.25) is 9.36 Å². The summed E-state index contributed by atoms with van der Waals surface area (Å²) in [5, 5.41) is 0. The molecular weight excluding hydrogens is 305 g/mol. The fraction of sp³-hybridized carbons (Fsp3) is 0.133. The van der Waals surface area contributed by atoms with Gasteiger partial charge in [0.05, 0.1) is 6.61 Å². The normalized spacial score (nSPS) is 13.3. The van der Waals surface area contributed by atoms with E-state index in [-0.39, 0.29) is 12.2 Å². The Morgan fingerprint density at radius 1 is 1.05 bits per heavy atom. The summed E-state index contributed by atoms with van der Waals surface area (Å²) in [4.78, 5) is 23.2. The number of hydroxylamine groups is 1. The van der Waals surface area contributed by atoms with Gasteiger partial charge in [-0.2, -0.15) is 4.62 Å². The molecule has 1 unspecified atom stereocenters. The summed E-state index contributed by atoms with van der Waals surface area (Å²) in [5.41, 5.74) is 3.07. The van der Waals surface area contributed by atoms with Gasteiger partial charge in [0.2, 0.25) is 0 Å². The van der Waals surface area contributed by atoms with Gasteiger partial charge in [-0.15, -0.1) is 0 Å². The maximum absolute atomic E-state index is 11.6. The van der Waals surface area contributed by atoms with E-state index in [1.165, 1.54) is 12.1 Å². The van der Waals surface area contributed by atoms with Crippen molar-refractivity contribution in [3.8, 4) is 0 Å². The number of amides is 1. The highest BCUT2D eigenvalue weighted by molar-refractivity contribution is 7.45. The topological polar surface area (TPSA) is 87.7 Å². The van der Waals surface area contributed by atoms with E-state index < -0.39 is 13.7 Å². The van der Waals surface area contributed by atoms with Crippen molar-refractivity contribution in [2.45, 2.75) is 6.42 Å². The highest BCUT2D eigenvalue weighted by atomic mass is 31.2. The number of benzene rings is 2. The zero-order valence-electron chi connectivity index (χ0n) is 11.7. The van der Waals surface area contributed by atoms with Gasteiger partial charge in [-0.05, 0) is 24.1 Å². The minimum absolute atomic E-state index is 0.0635. The van der Waals surface area contributed by atoms with E-state index in [0.717, 1.165) is 5.56 Å². The molecule has 0 aliphatic rings. The van der Waals surface area contributed by atoms with Crippen molar-refractivity contribution < 1.29 is 23.4 Å². The van der Waals surface area contributed by atoms with Gasteiger partial charge in [-0.25, -0.2) is 5.48 Å². The van der Waals surface area contributed by atoms with Gasteiger partial charge in [-0.1, -0.05) is 48.5 Å². The van der Waals surface area contributed by atoms with Crippen molar-refractivity contribution in [3.05, 3.63) is 71.8 Å². The molecule has 0 spiro atoms. The van der Waals surface area contributed by atoms with Crippen LogP contribution in [0.1, 0.15) is 15.9 Å². The first-order valence-corrected chi connectivity index (χ1v) is 8.06. The van der Waals surface area contributed by atoms with Crippen LogP contribution >= 0.6 is 7.82 Å². The molecule has 2 rings (SSSR count). The smallest absolute Gasteiger partial charge is 0.290 e. The molecule has 1 atom stereocenters. The van der Waals surface area contributed by atoms with Gasteiger partial charge in [0, 0.05) is 5.56 Å². The Hall–Kier alpha value is -1.98. The van der Waals surface area contributed by atoms with Gasteiger partial charge < -0.3 is 9.42 Å². The summed E-state index contributed by atoms with van der Waals surface area (Å²) in [6.45, 7) is -0.0635. The average molecular weight is 320 g/mol. The van der Waals surface area contributed by atoms with Crippen LogP contribution in [-0.4, -0.2) is 12.5 Å². The molecule has 1 amide bonds. The Kier molecular flexibility index (Phi) is 5.86. The number of hydrogen-bond donors (Lipinski definition) is 1. The number of hydrogen-bond acceptors (Lipinski definition) is 5. The van der Waals surface area contributed by atoms with Crippen LogP contribution in [0.25, 0.3) is 0 Å². The van der Waals surface area contributed by atoms with E-state index >= 15 is 0 Å². The molecule has 1 N–H and O–H groups in total. The molecule has 7 heteroatoms. The number of carbonyl (C=O) groups excluding carboxylic acids is 1. The molecule has 2 aromatic carbocycles. The average Bonchev–Trinajstić information content (AvgIpc) is 2.54. The van der Waals surface area contributed by atoms with Crippen molar-refractivity contribution in [3.63, 3.8) is 0 Å². The second kappa shape index (κ2) is 7.87. The highest BCUT2D eigenvalue weighted by Crippen LogP contribution is 2.36. The summed E-state index contributed by atoms with van der Waals surface area (Å²) < 4.78 is 20.6. The molecule has 0 aromatic heterocycles. The molecule has 0 aliphatic heterocycles. The van der Waals surface area contributed by atoms with E-state index in [4.69, 9.17) is 0 Å². The Labute approximate surface area is 128 Å². The molecule has 0 saturated heterocycles. The summed E-state index contributed by atoms with van der Waals surface area (Å²) in [6, 6.07) is 17.4. The Balaban J connectivity index is 1.76. The molecule has 22 heavy (non-hydrogen) atoms. The molecule has 0 saturated carbocycles. The fourth-order valence-corrected chi connectivity index (χ4v) is 2.25. The molecule has 116 valence electrons. The van der Waals surface area contributed by atoms with E-state index in [1.54, 1.807) is 18.2 Å². The molecule has 0 heterocycles. The predicted octanol–water partition coefficient (Wildman–Crippen LogP) is 2.08. The zero-order valence-corrected chi connectivity index (χ0v) is 12.6. The van der Waals surface area contributed by atoms with Crippen LogP contribution in [0, 0.1) is 0 Å². The molecule has 6 nitrogen and oxygen atoms in total. The lowest BCUT2D eigenvalue weighted by Gasteiger charge is -2.22. The minimum atomic E-state index is -4.59. The maximum Gasteiger partial charge on any atom is 0.290 e. The van der Waals surface area contributed by atoms with E-state index in [1.807, 2.05) is 35.8 Å². The number of phosphoric ester groups is 1. The van der Waals surface area contributed by atoms with Gasteiger partial charge in [0.25, 0.3) is 13.7 Å². The van der Waals surface area contributed by atoms with Crippen molar-refractivity contribution in [2.24, 2.45) is 0 Å². The largest absolute Gasteiger partial charge is 0.755 e. The summed E-state index contributed by atoms with van der Waals surface area (Å²) in [7, 11) is -4.59. The van der Waals surface area contributed by atoms with Crippen LogP contribution in [0.15, 0.2) is 60.7 Å². The van der Waals surface area contributed by atoms with Crippen LogP contribution in [-0.2, 0) is 20.1 Å². The van der Waals surface area contributed by atoms with Crippen LogP contribution in [0.3, 0.4) is 0 Å². The summed E-state index contributed by atoms with van der Waals surface area (Å²) in [6.07, 6.45) is 0.420. The fourth-order valence-electron chi connectivity index (χ4n) is 1.69. The molecule has 2 aromatic rings. The lowest BCUT2D eigenvalue weighted by Crippen LogP contribution is -2.26. The molecule has 0 aliphatic carbocycles. The quantitative estimate of drug-likeness (QED) is 0.623. The third-order valence-electron chi connectivity index (χ3n) is 2.77. The number of rotatable bonds is 7. The summed E-state index contributed by atoms with van der Waals surface area (Å²) in [5.74, 6) is -0.664. The maximum atomic E-state index is 11.6. The zero-order chi connectivity index (χ0) is 15.8. The Morgan fingerprint density at radius 3 is 2.27 bits per heavy atom. The van der Waals surface area contributed by atoms with Crippen molar-refractivity contribution >= 4 is 13.7 Å². The standard InChI is InChI=1S/C15H16NO5P/c17-15(14-9-5-2-6-10-14)16-21-22(18,19)20-12-11-13-7-3-1-4-8-13/h1-10H,11-12H2,(H,16,17)(H,18,19)/p-1. The predicted molar refractivity (Wildman–Crippen MR) is 78.7 cm³/mol. The van der Waals surface area contributed by atoms with Gasteiger partial charge in [0.1, 0.15) is 0 Å². The summed E-state index contributed by atoms with van der Waals surface area (Å²) >= 11 is 0. The van der Waals surface area contributed by atoms with Crippen LogP contribution in [0.4, 0.5) is 0 Å². The number of nitrogens with one attached hydrogen (secondary N) is 1. The first-order chi connectivity index (χ1) is 10.6. The van der Waals surface area contributed by atoms with Crippen LogP contribution < -0.4 is 10.4 Å². The molecule has 0 radical (unpaired) electrons. The Bertz CT molecular complexity index is 647. The van der Waals surface area contributed by atoms with Gasteiger partial charge in [0.15, 0.2) is 0 Å². The van der Waals surface area contributed by atoms with Gasteiger partial charge >= 0.3 is 0 Å². The van der Waals surface area contributed by atoms with E-state index in [0.29, 0.717) is 6.42 Å². The lowest BCUT2D eigenvalue weighted by atomic mass is 10.2. The van der Waals surface area contributed by atoms with Crippen LogP contribution in [0.5, 0.6) is 0 Å². The van der Waals surface area contributed by atoms with Crippen molar-refractivity contribution in [2.75, 3.05) is 6.61 Å². The van der Waals surface area contributed by atoms with E-state index in [2.05, 4.69) is 9.15 Å². The minimum Gasteiger partial charge on any atom is -0.755 e. The molecular formula is C15H15NO5P-. The van der Waals surface area contributed by atoms with E-state index in [9.17, 15) is 14.3 Å². The number of phosphoric acid groups is 1. The second-order valence-corrected chi connectivity index (χ2v) is 5.74. The SMILES string of the molecule is O=C(NOP(=O)([O-])OCCc1ccccc1)c1ccccc1. The Morgan fingerprint density at radius 2 is 1.64 bits per heavy atom. The molecule has 0 bridgehead atoms. The van der Waals surface area contributed by atoms with Crippen LogP contribution in [0.2, 0.25) is 0 Å². The first-order valence-electron chi connectivity index (χ1n) is 6.60. The first kappa shape index (κ1) is 16.4. The lowest BCUT2D eigenvalue weighted by molar-refractivity contribution is -0.229. The molecule has 0 fully saturated rings. The third kappa shape index (κ3) is 5.42. The monoisotopic (exact) mass is 320 g/mol. The van der Waals surface area contributed by atoms with Crippen molar-refractivity contribution in [1.82, 2.24) is 5.48 Å².